The number of carbonyl (C=O) groups excluding carboxylic acids is 3. The molecule has 1 aliphatic rings. The molecule has 0 spiro atoms. The highest BCUT2D eigenvalue weighted by Crippen LogP contribution is 2.30. The maximum atomic E-state index is 12.3. The lowest BCUT2D eigenvalue weighted by molar-refractivity contribution is -0.385. The molecule has 0 saturated heterocycles. The largest absolute Gasteiger partial charge is 0.467 e. The average Bonchev–Trinajstić information content (AvgIpc) is 3.16. The van der Waals surface area contributed by atoms with Crippen molar-refractivity contribution in [3.8, 4) is 0 Å². The summed E-state index contributed by atoms with van der Waals surface area (Å²) in [4.78, 5) is 47.4. The van der Waals surface area contributed by atoms with Gasteiger partial charge in [0, 0.05) is 6.07 Å². The zero-order chi connectivity index (χ0) is 17.3. The van der Waals surface area contributed by atoms with Crippen molar-refractivity contribution in [1.29, 1.82) is 0 Å². The first kappa shape index (κ1) is 15.4. The van der Waals surface area contributed by atoms with Crippen LogP contribution in [-0.2, 0) is 11.3 Å². The van der Waals surface area contributed by atoms with Gasteiger partial charge in [-0.1, -0.05) is 6.07 Å². The third-order valence-electron chi connectivity index (χ3n) is 3.52. The van der Waals surface area contributed by atoms with Crippen LogP contribution in [0.15, 0.2) is 41.0 Å². The van der Waals surface area contributed by atoms with Crippen LogP contribution in [0.4, 0.5) is 5.69 Å². The molecule has 1 aromatic heterocycles. The molecule has 0 saturated carbocycles. The quantitative estimate of drug-likeness (QED) is 0.498. The molecule has 2 heterocycles. The van der Waals surface area contributed by atoms with Gasteiger partial charge in [0.15, 0.2) is 0 Å². The second kappa shape index (κ2) is 5.95. The summed E-state index contributed by atoms with van der Waals surface area (Å²) in [5, 5.41) is 13.5. The molecule has 9 heteroatoms. The molecule has 1 aliphatic heterocycles. The molecule has 24 heavy (non-hydrogen) atoms. The molecule has 3 amide bonds. The Morgan fingerprint density at radius 3 is 2.67 bits per heavy atom. The Kier molecular flexibility index (Phi) is 3.82. The maximum absolute atomic E-state index is 12.3. The molecule has 2 aromatic rings. The number of furan rings is 1. The summed E-state index contributed by atoms with van der Waals surface area (Å²) in [5.74, 6) is -1.65. The van der Waals surface area contributed by atoms with Gasteiger partial charge in [0.25, 0.3) is 17.5 Å². The molecule has 0 bridgehead atoms. The molecule has 122 valence electrons. The van der Waals surface area contributed by atoms with Gasteiger partial charge < -0.3 is 9.73 Å². The Morgan fingerprint density at radius 2 is 2.00 bits per heavy atom. The number of hydrogen-bond acceptors (Lipinski definition) is 6. The summed E-state index contributed by atoms with van der Waals surface area (Å²) in [6.07, 6.45) is 1.45. The van der Waals surface area contributed by atoms with E-state index in [0.717, 1.165) is 6.07 Å². The van der Waals surface area contributed by atoms with Gasteiger partial charge in [0.2, 0.25) is 5.91 Å². The van der Waals surface area contributed by atoms with Crippen molar-refractivity contribution in [2.75, 3.05) is 6.54 Å². The Balaban J connectivity index is 1.75. The third kappa shape index (κ3) is 2.62. The van der Waals surface area contributed by atoms with Gasteiger partial charge in [-0.3, -0.25) is 29.4 Å². The Hall–Kier alpha value is -3.49. The molecular weight excluding hydrogens is 318 g/mol. The Labute approximate surface area is 135 Å². The van der Waals surface area contributed by atoms with Crippen LogP contribution >= 0.6 is 0 Å². The lowest BCUT2D eigenvalue weighted by Gasteiger charge is -2.13. The van der Waals surface area contributed by atoms with Crippen molar-refractivity contribution >= 4 is 23.4 Å². The third-order valence-corrected chi connectivity index (χ3v) is 3.52. The van der Waals surface area contributed by atoms with Crippen LogP contribution in [0.2, 0.25) is 0 Å². The fraction of sp³-hybridized carbons (Fsp3) is 0.133. The molecule has 0 unspecified atom stereocenters. The number of hydrogen-bond donors (Lipinski definition) is 1. The van der Waals surface area contributed by atoms with Gasteiger partial charge in [0.05, 0.1) is 23.3 Å². The zero-order valence-electron chi connectivity index (χ0n) is 12.2. The van der Waals surface area contributed by atoms with Crippen molar-refractivity contribution in [2.24, 2.45) is 0 Å². The smallest absolute Gasteiger partial charge is 0.282 e. The summed E-state index contributed by atoms with van der Waals surface area (Å²) in [7, 11) is 0. The molecule has 0 radical (unpaired) electrons. The highest BCUT2D eigenvalue weighted by atomic mass is 16.6. The molecule has 0 atom stereocenters. The van der Waals surface area contributed by atoms with E-state index in [1.807, 2.05) is 0 Å². The second-order valence-electron chi connectivity index (χ2n) is 5.01. The van der Waals surface area contributed by atoms with E-state index in [4.69, 9.17) is 4.42 Å². The highest BCUT2D eigenvalue weighted by Gasteiger charge is 2.41. The number of imide groups is 1. The van der Waals surface area contributed by atoms with Crippen molar-refractivity contribution in [2.45, 2.75) is 6.54 Å². The fourth-order valence-electron chi connectivity index (χ4n) is 2.41. The van der Waals surface area contributed by atoms with Crippen molar-refractivity contribution in [1.82, 2.24) is 10.2 Å². The summed E-state index contributed by atoms with van der Waals surface area (Å²) in [6.45, 7) is -0.417. The van der Waals surface area contributed by atoms with Crippen molar-refractivity contribution in [3.63, 3.8) is 0 Å². The molecule has 0 aliphatic carbocycles. The van der Waals surface area contributed by atoms with E-state index in [2.05, 4.69) is 5.32 Å². The number of nitro groups is 1. The van der Waals surface area contributed by atoms with E-state index < -0.39 is 34.9 Å². The Morgan fingerprint density at radius 1 is 1.21 bits per heavy atom. The molecular formula is C15H11N3O6. The minimum absolute atomic E-state index is 0.0759. The van der Waals surface area contributed by atoms with Crippen molar-refractivity contribution < 1.29 is 23.7 Å². The van der Waals surface area contributed by atoms with E-state index in [-0.39, 0.29) is 17.7 Å². The SMILES string of the molecule is O=C(CN1C(=O)c2cccc([N+](=O)[O-])c2C1=O)NCc1ccco1. The minimum Gasteiger partial charge on any atom is -0.467 e. The summed E-state index contributed by atoms with van der Waals surface area (Å²) in [6, 6.07) is 7.10. The summed E-state index contributed by atoms with van der Waals surface area (Å²) in [5.41, 5.74) is -0.816. The first-order valence-corrected chi connectivity index (χ1v) is 6.91. The lowest BCUT2D eigenvalue weighted by Crippen LogP contribution is -2.40. The normalized spacial score (nSPS) is 13.1. The van der Waals surface area contributed by atoms with E-state index in [9.17, 15) is 24.5 Å². The Bertz CT molecular complexity index is 843. The molecule has 0 fully saturated rings. The van der Waals surface area contributed by atoms with Crippen LogP contribution in [0.5, 0.6) is 0 Å². The number of rotatable bonds is 5. The minimum atomic E-state index is -0.851. The van der Waals surface area contributed by atoms with Crippen LogP contribution in [0.25, 0.3) is 0 Å². The average molecular weight is 329 g/mol. The first-order valence-electron chi connectivity index (χ1n) is 6.91. The molecule has 9 nitrogen and oxygen atoms in total. The monoisotopic (exact) mass is 329 g/mol. The van der Waals surface area contributed by atoms with Crippen LogP contribution in [-0.4, -0.2) is 34.1 Å². The van der Waals surface area contributed by atoms with Crippen molar-refractivity contribution in [3.05, 3.63) is 63.6 Å². The molecule has 1 N–H and O–H groups in total. The van der Waals surface area contributed by atoms with Gasteiger partial charge in [-0.25, -0.2) is 0 Å². The van der Waals surface area contributed by atoms with Gasteiger partial charge in [-0.15, -0.1) is 0 Å². The van der Waals surface area contributed by atoms with E-state index >= 15 is 0 Å². The van der Waals surface area contributed by atoms with Crippen LogP contribution < -0.4 is 5.32 Å². The number of fused-ring (bicyclic) bond motifs is 1. The topological polar surface area (TPSA) is 123 Å². The second-order valence-corrected chi connectivity index (χ2v) is 5.01. The number of nitrogens with one attached hydrogen (secondary N) is 1. The number of carbonyl (C=O) groups is 3. The van der Waals surface area contributed by atoms with Gasteiger partial charge in [-0.05, 0) is 18.2 Å². The van der Waals surface area contributed by atoms with E-state index in [1.165, 1.54) is 18.4 Å². The standard InChI is InChI=1S/C15H11N3O6/c19-12(16-7-9-3-2-6-24-9)8-17-14(20)10-4-1-5-11(18(22)23)13(10)15(17)21/h1-6H,7-8H2,(H,16,19). The summed E-state index contributed by atoms with van der Waals surface area (Å²) < 4.78 is 5.05. The van der Waals surface area contributed by atoms with Crippen LogP contribution in [0.3, 0.4) is 0 Å². The van der Waals surface area contributed by atoms with Gasteiger partial charge in [-0.2, -0.15) is 0 Å². The van der Waals surface area contributed by atoms with Gasteiger partial charge in [0.1, 0.15) is 17.9 Å². The first-order chi connectivity index (χ1) is 11.5. The lowest BCUT2D eigenvalue weighted by atomic mass is 10.1. The zero-order valence-corrected chi connectivity index (χ0v) is 12.2. The predicted molar refractivity (Wildman–Crippen MR) is 79.0 cm³/mol. The summed E-state index contributed by atoms with van der Waals surface area (Å²) >= 11 is 0. The predicted octanol–water partition coefficient (Wildman–Crippen LogP) is 1.10. The number of nitrogens with zero attached hydrogens (tertiary/aromatic N) is 2. The van der Waals surface area contributed by atoms with E-state index in [1.54, 1.807) is 12.1 Å². The number of benzene rings is 1. The maximum Gasteiger partial charge on any atom is 0.282 e. The number of nitro benzene ring substituents is 1. The highest BCUT2D eigenvalue weighted by molar-refractivity contribution is 6.24. The number of amides is 3. The van der Waals surface area contributed by atoms with Gasteiger partial charge >= 0.3 is 0 Å². The molecule has 1 aromatic carbocycles. The fourth-order valence-corrected chi connectivity index (χ4v) is 2.41. The molecule has 3 rings (SSSR count). The van der Waals surface area contributed by atoms with E-state index in [0.29, 0.717) is 10.7 Å². The van der Waals surface area contributed by atoms with Crippen LogP contribution in [0, 0.1) is 10.1 Å². The van der Waals surface area contributed by atoms with Crippen LogP contribution in [0.1, 0.15) is 26.5 Å².